The van der Waals surface area contributed by atoms with Crippen LogP contribution in [0.15, 0.2) is 0 Å². The van der Waals surface area contributed by atoms with Crippen LogP contribution >= 0.6 is 11.8 Å². The molecular weight excluding hydrogens is 234 g/mol. The molecule has 17 heavy (non-hydrogen) atoms. The van der Waals surface area contributed by atoms with Crippen molar-refractivity contribution in [1.29, 1.82) is 0 Å². The molecule has 1 spiro atoms. The van der Waals surface area contributed by atoms with Crippen LogP contribution < -0.4 is 5.32 Å². The number of aliphatic carboxylic acids is 1. The number of hydrogen-bond acceptors (Lipinski definition) is 3. The molecule has 3 atom stereocenters. The van der Waals surface area contributed by atoms with E-state index in [1.807, 2.05) is 11.8 Å². The van der Waals surface area contributed by atoms with Crippen molar-refractivity contribution in [3.63, 3.8) is 0 Å². The zero-order chi connectivity index (χ0) is 12.5. The van der Waals surface area contributed by atoms with Crippen LogP contribution in [0.3, 0.4) is 0 Å². The van der Waals surface area contributed by atoms with Crippen molar-refractivity contribution in [2.24, 2.45) is 11.8 Å². The lowest BCUT2D eigenvalue weighted by Gasteiger charge is -2.28. The standard InChI is InChI=1S/C13H23NO2S/c1-9(2)10-4-3-6-13(7-5-10)14-11(8-17-13)12(15)16/h9-11,14H,3-8H2,1-2H3,(H,15,16)/t10?,11-,13?/m0/s1. The van der Waals surface area contributed by atoms with Crippen molar-refractivity contribution in [3.8, 4) is 0 Å². The second-order valence-corrected chi connectivity index (χ2v) is 7.18. The minimum absolute atomic E-state index is 0.0622. The molecule has 1 aliphatic carbocycles. The largest absolute Gasteiger partial charge is 0.480 e. The van der Waals surface area contributed by atoms with E-state index in [2.05, 4.69) is 19.2 Å². The topological polar surface area (TPSA) is 49.3 Å². The van der Waals surface area contributed by atoms with Crippen molar-refractivity contribution in [2.75, 3.05) is 5.75 Å². The second kappa shape index (κ2) is 5.19. The van der Waals surface area contributed by atoms with Crippen LogP contribution in [0.25, 0.3) is 0 Å². The van der Waals surface area contributed by atoms with Gasteiger partial charge in [0.2, 0.25) is 0 Å². The number of nitrogens with one attached hydrogen (secondary N) is 1. The van der Waals surface area contributed by atoms with Gasteiger partial charge in [-0.15, -0.1) is 11.8 Å². The molecule has 1 heterocycles. The van der Waals surface area contributed by atoms with Gasteiger partial charge in [-0.1, -0.05) is 26.7 Å². The number of carboxylic acid groups (broad SMARTS) is 1. The van der Waals surface area contributed by atoms with Gasteiger partial charge in [0, 0.05) is 5.75 Å². The lowest BCUT2D eigenvalue weighted by Crippen LogP contribution is -2.44. The van der Waals surface area contributed by atoms with Crippen LogP contribution in [0.4, 0.5) is 0 Å². The summed E-state index contributed by atoms with van der Waals surface area (Å²) < 4.78 is 0. The first-order valence-corrected chi connectivity index (χ1v) is 7.65. The third-order valence-corrected chi connectivity index (χ3v) is 5.86. The molecule has 1 saturated heterocycles. The maximum atomic E-state index is 11.0. The van der Waals surface area contributed by atoms with E-state index in [9.17, 15) is 4.79 Å². The summed E-state index contributed by atoms with van der Waals surface area (Å²) >= 11 is 1.84. The Morgan fingerprint density at radius 3 is 2.76 bits per heavy atom. The Bertz CT molecular complexity index is 295. The summed E-state index contributed by atoms with van der Waals surface area (Å²) in [4.78, 5) is 11.1. The second-order valence-electron chi connectivity index (χ2n) is 5.78. The zero-order valence-electron chi connectivity index (χ0n) is 10.7. The maximum absolute atomic E-state index is 11.0. The SMILES string of the molecule is CC(C)C1CCCC2(CC1)N[C@H](C(=O)O)CS2. The first-order chi connectivity index (χ1) is 8.02. The summed E-state index contributed by atoms with van der Waals surface area (Å²) in [7, 11) is 0. The van der Waals surface area contributed by atoms with E-state index in [4.69, 9.17) is 5.11 Å². The van der Waals surface area contributed by atoms with Gasteiger partial charge in [-0.3, -0.25) is 10.1 Å². The van der Waals surface area contributed by atoms with Gasteiger partial charge in [0.1, 0.15) is 6.04 Å². The average molecular weight is 257 g/mol. The van der Waals surface area contributed by atoms with Crippen LogP contribution in [-0.4, -0.2) is 27.7 Å². The van der Waals surface area contributed by atoms with Gasteiger partial charge in [0.15, 0.2) is 0 Å². The van der Waals surface area contributed by atoms with Gasteiger partial charge in [-0.05, 0) is 31.1 Å². The molecule has 1 aliphatic heterocycles. The van der Waals surface area contributed by atoms with Crippen molar-refractivity contribution in [2.45, 2.75) is 56.9 Å². The van der Waals surface area contributed by atoms with E-state index in [1.54, 1.807) is 0 Å². The van der Waals surface area contributed by atoms with Gasteiger partial charge in [-0.25, -0.2) is 0 Å². The maximum Gasteiger partial charge on any atom is 0.321 e. The molecule has 2 rings (SSSR count). The molecule has 2 aliphatic rings. The van der Waals surface area contributed by atoms with Gasteiger partial charge in [0.05, 0.1) is 4.87 Å². The van der Waals surface area contributed by atoms with Crippen molar-refractivity contribution in [1.82, 2.24) is 5.32 Å². The predicted octanol–water partition coefficient (Wildman–Crippen LogP) is 2.71. The van der Waals surface area contributed by atoms with Crippen LogP contribution in [0.2, 0.25) is 0 Å². The highest BCUT2D eigenvalue weighted by molar-refractivity contribution is 8.00. The van der Waals surface area contributed by atoms with Crippen molar-refractivity contribution < 1.29 is 9.90 Å². The minimum atomic E-state index is -0.695. The molecule has 2 fully saturated rings. The Balaban J connectivity index is 1.97. The highest BCUT2D eigenvalue weighted by Gasteiger charge is 2.42. The van der Waals surface area contributed by atoms with Gasteiger partial charge in [-0.2, -0.15) is 0 Å². The fourth-order valence-electron chi connectivity index (χ4n) is 3.07. The van der Waals surface area contributed by atoms with E-state index in [0.717, 1.165) is 30.4 Å². The summed E-state index contributed by atoms with van der Waals surface area (Å²) in [6, 6.07) is -0.337. The molecule has 1 saturated carbocycles. The summed E-state index contributed by atoms with van der Waals surface area (Å²) in [5, 5.41) is 12.4. The highest BCUT2D eigenvalue weighted by Crippen LogP contribution is 2.43. The number of carboxylic acids is 1. The number of thioether (sulfide) groups is 1. The zero-order valence-corrected chi connectivity index (χ0v) is 11.6. The lowest BCUT2D eigenvalue weighted by atomic mass is 9.89. The third-order valence-electron chi connectivity index (χ3n) is 4.28. The summed E-state index contributed by atoms with van der Waals surface area (Å²) in [6.45, 7) is 4.61. The monoisotopic (exact) mass is 257 g/mol. The van der Waals surface area contributed by atoms with E-state index >= 15 is 0 Å². The molecule has 0 aromatic rings. The lowest BCUT2D eigenvalue weighted by molar-refractivity contribution is -0.138. The van der Waals surface area contributed by atoms with Crippen LogP contribution in [-0.2, 0) is 4.79 Å². The fourth-order valence-corrected chi connectivity index (χ4v) is 4.56. The number of carbonyl (C=O) groups is 1. The molecule has 2 N–H and O–H groups in total. The van der Waals surface area contributed by atoms with Crippen LogP contribution in [0, 0.1) is 11.8 Å². The molecule has 0 aromatic carbocycles. The van der Waals surface area contributed by atoms with Crippen LogP contribution in [0.5, 0.6) is 0 Å². The minimum Gasteiger partial charge on any atom is -0.480 e. The Morgan fingerprint density at radius 1 is 1.41 bits per heavy atom. The summed E-state index contributed by atoms with van der Waals surface area (Å²) in [6.07, 6.45) is 6.04. The van der Waals surface area contributed by atoms with E-state index < -0.39 is 5.97 Å². The first-order valence-electron chi connectivity index (χ1n) is 6.67. The normalized spacial score (nSPS) is 38.5. The van der Waals surface area contributed by atoms with Crippen molar-refractivity contribution >= 4 is 17.7 Å². The molecule has 4 heteroatoms. The number of hydrogen-bond donors (Lipinski definition) is 2. The van der Waals surface area contributed by atoms with E-state index in [1.165, 1.54) is 19.3 Å². The van der Waals surface area contributed by atoms with Gasteiger partial charge >= 0.3 is 5.97 Å². The molecule has 0 bridgehead atoms. The van der Waals surface area contributed by atoms with Crippen molar-refractivity contribution in [3.05, 3.63) is 0 Å². The Hall–Kier alpha value is -0.220. The Kier molecular flexibility index (Phi) is 4.03. The molecule has 0 aromatic heterocycles. The molecular formula is C13H23NO2S. The highest BCUT2D eigenvalue weighted by atomic mass is 32.2. The third kappa shape index (κ3) is 2.97. The summed E-state index contributed by atoms with van der Waals surface area (Å²) in [5.74, 6) is 1.60. The number of rotatable bonds is 2. The first kappa shape index (κ1) is 13.2. The Labute approximate surface area is 108 Å². The van der Waals surface area contributed by atoms with E-state index in [-0.39, 0.29) is 10.9 Å². The molecule has 2 unspecified atom stereocenters. The van der Waals surface area contributed by atoms with Gasteiger partial charge < -0.3 is 5.11 Å². The molecule has 0 amide bonds. The quantitative estimate of drug-likeness (QED) is 0.798. The van der Waals surface area contributed by atoms with Crippen LogP contribution in [0.1, 0.15) is 46.0 Å². The van der Waals surface area contributed by atoms with Gasteiger partial charge in [0.25, 0.3) is 0 Å². The molecule has 0 radical (unpaired) electrons. The van der Waals surface area contributed by atoms with E-state index in [0.29, 0.717) is 0 Å². The average Bonchev–Trinajstić information content (AvgIpc) is 2.55. The fraction of sp³-hybridized carbons (Fsp3) is 0.923. The predicted molar refractivity (Wildman–Crippen MR) is 71.2 cm³/mol. The molecule has 98 valence electrons. The smallest absolute Gasteiger partial charge is 0.321 e. The summed E-state index contributed by atoms with van der Waals surface area (Å²) in [5.41, 5.74) is 0. The Morgan fingerprint density at radius 2 is 2.18 bits per heavy atom. The molecule has 3 nitrogen and oxygen atoms in total.